The summed E-state index contributed by atoms with van der Waals surface area (Å²) in [5, 5.41) is 0. The first-order chi connectivity index (χ1) is 10.6. The van der Waals surface area contributed by atoms with Crippen LogP contribution in [0, 0.1) is 22.7 Å². The molecule has 0 aromatic rings. The van der Waals surface area contributed by atoms with Gasteiger partial charge in [-0.25, -0.2) is 0 Å². The van der Waals surface area contributed by atoms with Gasteiger partial charge in [-0.3, -0.25) is 4.79 Å². The number of rotatable bonds is 8. The van der Waals surface area contributed by atoms with E-state index < -0.39 is 0 Å². The van der Waals surface area contributed by atoms with Crippen molar-refractivity contribution in [3.8, 4) is 0 Å². The molecule has 136 valence electrons. The highest BCUT2D eigenvalue weighted by Gasteiger charge is 2.44. The van der Waals surface area contributed by atoms with Crippen LogP contribution in [0.25, 0.3) is 0 Å². The summed E-state index contributed by atoms with van der Waals surface area (Å²) in [6, 6.07) is 0. The van der Waals surface area contributed by atoms with Gasteiger partial charge in [-0.2, -0.15) is 0 Å². The first-order valence-corrected chi connectivity index (χ1v) is 9.74. The van der Waals surface area contributed by atoms with Gasteiger partial charge in [-0.15, -0.1) is 0 Å². The van der Waals surface area contributed by atoms with Crippen LogP contribution in [0.4, 0.5) is 0 Å². The van der Waals surface area contributed by atoms with E-state index in [0.717, 1.165) is 25.2 Å². The van der Waals surface area contributed by atoms with Gasteiger partial charge in [0.05, 0.1) is 6.10 Å². The second-order valence-corrected chi connectivity index (χ2v) is 8.98. The van der Waals surface area contributed by atoms with Crippen molar-refractivity contribution in [2.45, 2.75) is 106 Å². The molecule has 0 aliphatic heterocycles. The number of ether oxygens (including phenoxy) is 1. The first kappa shape index (κ1) is 20.7. The van der Waals surface area contributed by atoms with Crippen LogP contribution in [0.1, 0.15) is 93.9 Å². The van der Waals surface area contributed by atoms with Gasteiger partial charge >= 0.3 is 0 Å². The maximum absolute atomic E-state index is 11.8. The summed E-state index contributed by atoms with van der Waals surface area (Å²) in [5.41, 5.74) is 0.667. The quantitative estimate of drug-likeness (QED) is 0.545. The highest BCUT2D eigenvalue weighted by Crippen LogP contribution is 2.49. The normalized spacial score (nSPS) is 27.7. The molecular weight excluding hydrogens is 284 g/mol. The summed E-state index contributed by atoms with van der Waals surface area (Å²) in [6.07, 6.45) is 6.77. The molecule has 4 unspecified atom stereocenters. The zero-order valence-electron chi connectivity index (χ0n) is 16.9. The van der Waals surface area contributed by atoms with E-state index in [-0.39, 0.29) is 23.4 Å². The lowest BCUT2D eigenvalue weighted by Crippen LogP contribution is -2.45. The van der Waals surface area contributed by atoms with Crippen molar-refractivity contribution in [2.75, 3.05) is 0 Å². The van der Waals surface area contributed by atoms with Crippen molar-refractivity contribution in [1.82, 2.24) is 0 Å². The molecule has 1 rings (SSSR count). The third kappa shape index (κ3) is 5.05. The molecule has 0 amide bonds. The minimum atomic E-state index is -0.217. The number of hydrogen-bond donors (Lipinski definition) is 0. The van der Waals surface area contributed by atoms with Crippen LogP contribution in [0.2, 0.25) is 0 Å². The molecule has 0 N–H and O–H groups in total. The van der Waals surface area contributed by atoms with Crippen LogP contribution in [-0.4, -0.2) is 18.0 Å². The molecule has 0 saturated heterocycles. The van der Waals surface area contributed by atoms with E-state index in [1.807, 2.05) is 0 Å². The van der Waals surface area contributed by atoms with Crippen LogP contribution in [-0.2, 0) is 9.53 Å². The summed E-state index contributed by atoms with van der Waals surface area (Å²) in [6.45, 7) is 17.9. The van der Waals surface area contributed by atoms with Crippen molar-refractivity contribution in [1.29, 1.82) is 0 Å². The van der Waals surface area contributed by atoms with E-state index in [2.05, 4.69) is 48.5 Å². The summed E-state index contributed by atoms with van der Waals surface area (Å²) in [5.74, 6) is 1.49. The number of carbonyl (C=O) groups is 1. The molecule has 1 aliphatic rings. The second-order valence-electron chi connectivity index (χ2n) is 8.98. The second kappa shape index (κ2) is 8.14. The molecule has 1 aliphatic carbocycles. The highest BCUT2D eigenvalue weighted by molar-refractivity contribution is 5.80. The number of hydrogen-bond acceptors (Lipinski definition) is 2. The molecule has 0 radical (unpaired) electrons. The molecule has 4 atom stereocenters. The van der Waals surface area contributed by atoms with Gasteiger partial charge in [0.1, 0.15) is 6.10 Å². The fourth-order valence-electron chi connectivity index (χ4n) is 4.08. The topological polar surface area (TPSA) is 26.3 Å². The Morgan fingerprint density at radius 2 is 1.61 bits per heavy atom. The summed E-state index contributed by atoms with van der Waals surface area (Å²) < 4.78 is 6.35. The van der Waals surface area contributed by atoms with Crippen LogP contribution in [0.5, 0.6) is 0 Å². The van der Waals surface area contributed by atoms with Crippen LogP contribution in [0.3, 0.4) is 0 Å². The van der Waals surface area contributed by atoms with E-state index in [1.54, 1.807) is 6.92 Å². The Balaban J connectivity index is 2.96. The van der Waals surface area contributed by atoms with E-state index in [1.165, 1.54) is 19.3 Å². The minimum Gasteiger partial charge on any atom is -0.367 e. The van der Waals surface area contributed by atoms with Gasteiger partial charge in [0, 0.05) is 0 Å². The fraction of sp³-hybridized carbons (Fsp3) is 0.952. The summed E-state index contributed by atoms with van der Waals surface area (Å²) in [7, 11) is 0. The van der Waals surface area contributed by atoms with Crippen molar-refractivity contribution >= 4 is 5.78 Å². The van der Waals surface area contributed by atoms with Crippen molar-refractivity contribution in [3.63, 3.8) is 0 Å². The van der Waals surface area contributed by atoms with E-state index in [4.69, 9.17) is 4.74 Å². The molecule has 1 saturated carbocycles. The Morgan fingerprint density at radius 1 is 1.04 bits per heavy atom. The van der Waals surface area contributed by atoms with Crippen LogP contribution >= 0.6 is 0 Å². The van der Waals surface area contributed by atoms with Gasteiger partial charge in [0.2, 0.25) is 0 Å². The lowest BCUT2D eigenvalue weighted by atomic mass is 9.60. The number of ketones is 1. The third-order valence-corrected chi connectivity index (χ3v) is 6.88. The lowest BCUT2D eigenvalue weighted by molar-refractivity contribution is -0.145. The van der Waals surface area contributed by atoms with Crippen LogP contribution < -0.4 is 0 Å². The van der Waals surface area contributed by atoms with Crippen LogP contribution in [0.15, 0.2) is 0 Å². The molecule has 0 aromatic carbocycles. The Morgan fingerprint density at radius 3 is 2.04 bits per heavy atom. The predicted octanol–water partition coefficient (Wildman–Crippen LogP) is 6.03. The van der Waals surface area contributed by atoms with Gasteiger partial charge in [0.25, 0.3) is 0 Å². The molecule has 2 nitrogen and oxygen atoms in total. The molecular formula is C21H40O2. The Labute approximate surface area is 144 Å². The molecule has 2 heteroatoms. The highest BCUT2D eigenvalue weighted by atomic mass is 16.5. The monoisotopic (exact) mass is 324 g/mol. The standard InChI is InChI=1S/C21H40O2/c1-9-18(15(4)22)23-19-13-12-16(20(5,6)10-2)14-17(19)21(7,8)11-3/h16-19H,9-14H2,1-8H3. The van der Waals surface area contributed by atoms with Gasteiger partial charge < -0.3 is 4.74 Å². The van der Waals surface area contributed by atoms with Gasteiger partial charge in [-0.05, 0) is 55.3 Å². The predicted molar refractivity (Wildman–Crippen MR) is 98.6 cm³/mol. The Hall–Kier alpha value is -0.370. The molecule has 0 spiro atoms. The molecule has 23 heavy (non-hydrogen) atoms. The van der Waals surface area contributed by atoms with E-state index in [0.29, 0.717) is 11.3 Å². The molecule has 1 fully saturated rings. The smallest absolute Gasteiger partial charge is 0.158 e. The van der Waals surface area contributed by atoms with E-state index >= 15 is 0 Å². The zero-order chi connectivity index (χ0) is 17.8. The van der Waals surface area contributed by atoms with E-state index in [9.17, 15) is 4.79 Å². The van der Waals surface area contributed by atoms with Crippen molar-refractivity contribution in [3.05, 3.63) is 0 Å². The minimum absolute atomic E-state index is 0.177. The average Bonchev–Trinajstić information content (AvgIpc) is 2.51. The van der Waals surface area contributed by atoms with Crippen molar-refractivity contribution < 1.29 is 9.53 Å². The fourth-order valence-corrected chi connectivity index (χ4v) is 4.08. The summed E-state index contributed by atoms with van der Waals surface area (Å²) >= 11 is 0. The summed E-state index contributed by atoms with van der Waals surface area (Å²) in [4.78, 5) is 11.8. The van der Waals surface area contributed by atoms with Gasteiger partial charge in [0.15, 0.2) is 5.78 Å². The Kier molecular flexibility index (Phi) is 7.32. The lowest BCUT2D eigenvalue weighted by Gasteiger charge is -2.49. The average molecular weight is 325 g/mol. The molecule has 0 aromatic heterocycles. The number of Topliss-reactive ketones (excluding diaryl/α,β-unsaturated/α-hetero) is 1. The maximum Gasteiger partial charge on any atom is 0.158 e. The maximum atomic E-state index is 11.8. The number of carbonyl (C=O) groups excluding carboxylic acids is 1. The zero-order valence-corrected chi connectivity index (χ0v) is 16.9. The Bertz CT molecular complexity index is 383. The largest absolute Gasteiger partial charge is 0.367 e. The SMILES string of the molecule is CCC(OC1CCC(C(C)(C)CC)CC1C(C)(C)CC)C(C)=O. The van der Waals surface area contributed by atoms with Crippen molar-refractivity contribution in [2.24, 2.45) is 22.7 Å². The molecule has 0 heterocycles. The molecule has 0 bridgehead atoms. The van der Waals surface area contributed by atoms with Gasteiger partial charge in [-0.1, -0.05) is 61.3 Å². The third-order valence-electron chi connectivity index (χ3n) is 6.88. The first-order valence-electron chi connectivity index (χ1n) is 9.74.